The van der Waals surface area contributed by atoms with E-state index in [4.69, 9.17) is 9.72 Å². The van der Waals surface area contributed by atoms with Crippen molar-refractivity contribution in [3.63, 3.8) is 0 Å². The van der Waals surface area contributed by atoms with Crippen LogP contribution in [0.3, 0.4) is 0 Å². The van der Waals surface area contributed by atoms with E-state index in [9.17, 15) is 9.59 Å². The van der Waals surface area contributed by atoms with Crippen molar-refractivity contribution in [2.45, 2.75) is 12.6 Å². The quantitative estimate of drug-likeness (QED) is 0.355. The summed E-state index contributed by atoms with van der Waals surface area (Å²) in [4.78, 5) is 31.7. The first kappa shape index (κ1) is 22.5. The molecule has 3 aromatic carbocycles. The maximum Gasteiger partial charge on any atom is 0.415 e. The Morgan fingerprint density at radius 3 is 2.27 bits per heavy atom. The van der Waals surface area contributed by atoms with Gasteiger partial charge < -0.3 is 15.4 Å². The first-order chi connectivity index (χ1) is 18.2. The monoisotopic (exact) mass is 488 g/mol. The molecule has 1 aromatic heterocycles. The van der Waals surface area contributed by atoms with Crippen molar-refractivity contribution in [1.82, 2.24) is 15.2 Å². The summed E-state index contributed by atoms with van der Waals surface area (Å²) in [6.45, 7) is 0.749. The Kier molecular flexibility index (Phi) is 5.86. The zero-order valence-electron chi connectivity index (χ0n) is 19.9. The number of carbonyl (C=O) groups is 2. The third-order valence-electron chi connectivity index (χ3n) is 6.56. The van der Waals surface area contributed by atoms with E-state index in [1.54, 1.807) is 11.0 Å². The number of fused-ring (bicyclic) bond motifs is 3. The number of benzene rings is 3. The Morgan fingerprint density at radius 2 is 1.57 bits per heavy atom. The van der Waals surface area contributed by atoms with Gasteiger partial charge >= 0.3 is 12.1 Å². The summed E-state index contributed by atoms with van der Waals surface area (Å²) < 4.78 is 4.98. The Morgan fingerprint density at radius 1 is 0.892 bits per heavy atom. The number of carbonyl (C=O) groups excluding carboxylic acids is 2. The lowest BCUT2D eigenvalue weighted by molar-refractivity contribution is 0.130. The van der Waals surface area contributed by atoms with Crippen molar-refractivity contribution in [3.8, 4) is 22.4 Å². The maximum absolute atomic E-state index is 13.3. The number of pyridine rings is 1. The molecule has 2 aliphatic rings. The molecule has 0 bridgehead atoms. The van der Waals surface area contributed by atoms with E-state index in [1.807, 2.05) is 78.9 Å². The molecule has 0 unspecified atom stereocenters. The molecule has 6 rings (SSSR count). The van der Waals surface area contributed by atoms with Gasteiger partial charge in [0.15, 0.2) is 0 Å². The minimum absolute atomic E-state index is 0.252. The molecule has 0 saturated heterocycles. The minimum Gasteiger partial charge on any atom is -0.418 e. The van der Waals surface area contributed by atoms with E-state index in [-0.39, 0.29) is 12.1 Å². The van der Waals surface area contributed by atoms with Crippen LogP contribution in [-0.2, 0) is 11.3 Å². The first-order valence-corrected chi connectivity index (χ1v) is 12.1. The van der Waals surface area contributed by atoms with Gasteiger partial charge in [0, 0.05) is 12.1 Å². The number of nitrogens with one attached hydrogen (secondary N) is 2. The highest BCUT2D eigenvalue weighted by Crippen LogP contribution is 2.43. The lowest BCUT2D eigenvalue weighted by Crippen LogP contribution is -2.33. The highest BCUT2D eigenvalue weighted by atomic mass is 16.5. The molecule has 37 heavy (non-hydrogen) atoms. The van der Waals surface area contributed by atoms with Crippen LogP contribution in [0.25, 0.3) is 22.4 Å². The molecule has 1 aliphatic heterocycles. The molecule has 0 spiro atoms. The van der Waals surface area contributed by atoms with Gasteiger partial charge in [-0.2, -0.15) is 0 Å². The number of cyclic esters (lactones) is 1. The van der Waals surface area contributed by atoms with E-state index in [0.717, 1.165) is 27.8 Å². The molecule has 182 valence electrons. The number of hydrogen-bond donors (Lipinski definition) is 2. The minimum atomic E-state index is -0.413. The number of anilines is 1. The van der Waals surface area contributed by atoms with Crippen LogP contribution >= 0.6 is 0 Å². The number of ether oxygens (including phenoxy) is 1. The molecule has 2 heterocycles. The number of urea groups is 1. The highest BCUT2D eigenvalue weighted by molar-refractivity contribution is 5.95. The molecule has 0 fully saturated rings. The predicted molar refractivity (Wildman–Crippen MR) is 142 cm³/mol. The van der Waals surface area contributed by atoms with Crippen molar-refractivity contribution in [2.75, 3.05) is 11.9 Å². The van der Waals surface area contributed by atoms with Crippen molar-refractivity contribution in [1.29, 1.82) is 0 Å². The summed E-state index contributed by atoms with van der Waals surface area (Å²) in [6.07, 6.45) is 2.76. The topological polar surface area (TPSA) is 83.6 Å². The highest BCUT2D eigenvalue weighted by Gasteiger charge is 2.29. The molecular formula is C30H24N4O3. The van der Waals surface area contributed by atoms with Crippen LogP contribution in [0, 0.1) is 0 Å². The third-order valence-corrected chi connectivity index (χ3v) is 6.56. The van der Waals surface area contributed by atoms with Crippen molar-refractivity contribution in [2.24, 2.45) is 0 Å². The summed E-state index contributed by atoms with van der Waals surface area (Å²) >= 11 is 0. The average molecular weight is 489 g/mol. The SMILES string of the molecule is O=C(Nc1ccc(CN2CC=COC2=O)nc1-c1ccccc1)NC1c2ccccc2-c2ccccc21. The molecular weight excluding hydrogens is 464 g/mol. The van der Waals surface area contributed by atoms with Crippen molar-refractivity contribution in [3.05, 3.63) is 120 Å². The molecule has 7 heteroatoms. The van der Waals surface area contributed by atoms with Gasteiger partial charge in [-0.15, -0.1) is 0 Å². The number of nitrogens with zero attached hydrogens (tertiary/aromatic N) is 2. The average Bonchev–Trinajstić information content (AvgIpc) is 3.25. The van der Waals surface area contributed by atoms with Gasteiger partial charge in [0.25, 0.3) is 0 Å². The second-order valence-electron chi connectivity index (χ2n) is 8.91. The van der Waals surface area contributed by atoms with Crippen LogP contribution < -0.4 is 10.6 Å². The summed E-state index contributed by atoms with van der Waals surface area (Å²) in [7, 11) is 0. The molecule has 4 aromatic rings. The predicted octanol–water partition coefficient (Wildman–Crippen LogP) is 6.11. The summed E-state index contributed by atoms with van der Waals surface area (Å²) in [5.41, 5.74) is 7.15. The fraction of sp³-hybridized carbons (Fsp3) is 0.100. The van der Waals surface area contributed by atoms with Gasteiger partial charge in [0.1, 0.15) is 0 Å². The number of amides is 3. The van der Waals surface area contributed by atoms with E-state index in [2.05, 4.69) is 22.8 Å². The Labute approximate surface area is 214 Å². The first-order valence-electron chi connectivity index (χ1n) is 12.1. The molecule has 7 nitrogen and oxygen atoms in total. The van der Waals surface area contributed by atoms with Crippen LogP contribution in [0.15, 0.2) is 103 Å². The zero-order chi connectivity index (χ0) is 25.2. The maximum atomic E-state index is 13.3. The molecule has 3 amide bonds. The van der Waals surface area contributed by atoms with Gasteiger partial charge in [-0.25, -0.2) is 14.6 Å². The van der Waals surface area contributed by atoms with Gasteiger partial charge in [-0.05, 0) is 40.5 Å². The Bertz CT molecular complexity index is 1470. The van der Waals surface area contributed by atoms with Crippen LogP contribution in [0.1, 0.15) is 22.9 Å². The van der Waals surface area contributed by atoms with E-state index in [0.29, 0.717) is 30.2 Å². The summed E-state index contributed by atoms with van der Waals surface area (Å²) in [5.74, 6) is 0. The largest absolute Gasteiger partial charge is 0.418 e. The summed E-state index contributed by atoms with van der Waals surface area (Å²) in [6, 6.07) is 29.0. The van der Waals surface area contributed by atoms with Crippen LogP contribution in [0.4, 0.5) is 15.3 Å². The van der Waals surface area contributed by atoms with Crippen molar-refractivity contribution < 1.29 is 14.3 Å². The Hall–Kier alpha value is -4.91. The molecule has 0 saturated carbocycles. The van der Waals surface area contributed by atoms with E-state index in [1.165, 1.54) is 6.26 Å². The Balaban J connectivity index is 1.27. The second kappa shape index (κ2) is 9.62. The zero-order valence-corrected chi connectivity index (χ0v) is 19.9. The lowest BCUT2D eigenvalue weighted by Gasteiger charge is -2.22. The van der Waals surface area contributed by atoms with Gasteiger partial charge in [-0.3, -0.25) is 4.90 Å². The van der Waals surface area contributed by atoms with Gasteiger partial charge in [0.2, 0.25) is 0 Å². The number of hydrogen-bond acceptors (Lipinski definition) is 4. The van der Waals surface area contributed by atoms with Gasteiger partial charge in [-0.1, -0.05) is 78.9 Å². The van der Waals surface area contributed by atoms with Crippen LogP contribution in [0.5, 0.6) is 0 Å². The fourth-order valence-corrected chi connectivity index (χ4v) is 4.86. The molecule has 0 atom stereocenters. The standard InChI is InChI=1S/C30H24N4O3/c35-29(33-28-24-13-6-4-11-22(24)23-12-5-7-14-25(23)28)32-26-16-15-21(19-34-17-8-18-37-30(34)36)31-27(26)20-9-2-1-3-10-20/h1-16,18,28H,17,19H2,(H2,32,33,35). The number of aromatic nitrogens is 1. The van der Waals surface area contributed by atoms with Gasteiger partial charge in [0.05, 0.1) is 35.9 Å². The molecule has 0 radical (unpaired) electrons. The van der Waals surface area contributed by atoms with Crippen LogP contribution in [0.2, 0.25) is 0 Å². The second-order valence-corrected chi connectivity index (χ2v) is 8.91. The smallest absolute Gasteiger partial charge is 0.415 e. The van der Waals surface area contributed by atoms with Crippen LogP contribution in [-0.4, -0.2) is 28.6 Å². The van der Waals surface area contributed by atoms with E-state index < -0.39 is 6.09 Å². The fourth-order valence-electron chi connectivity index (χ4n) is 4.86. The number of rotatable bonds is 5. The van der Waals surface area contributed by atoms with E-state index >= 15 is 0 Å². The van der Waals surface area contributed by atoms with Crippen molar-refractivity contribution >= 4 is 17.8 Å². The summed E-state index contributed by atoms with van der Waals surface area (Å²) in [5, 5.41) is 6.16. The molecule has 2 N–H and O–H groups in total. The normalized spacial score (nSPS) is 14.1. The molecule has 1 aliphatic carbocycles. The lowest BCUT2D eigenvalue weighted by atomic mass is 10.1. The third kappa shape index (κ3) is 4.43.